The predicted octanol–water partition coefficient (Wildman–Crippen LogP) is 2.99. The average molecular weight is 380 g/mol. The van der Waals surface area contributed by atoms with Gasteiger partial charge >= 0.3 is 5.97 Å². The highest BCUT2D eigenvalue weighted by Gasteiger charge is 2.54. The van der Waals surface area contributed by atoms with E-state index in [1.807, 2.05) is 13.0 Å². The Morgan fingerprint density at radius 3 is 2.35 bits per heavy atom. The van der Waals surface area contributed by atoms with Crippen molar-refractivity contribution in [1.29, 1.82) is 0 Å². The molecule has 1 aromatic carbocycles. The van der Waals surface area contributed by atoms with Gasteiger partial charge in [0.1, 0.15) is 12.6 Å². The van der Waals surface area contributed by atoms with Crippen LogP contribution < -0.4 is 0 Å². The van der Waals surface area contributed by atoms with Crippen LogP contribution in [0.5, 0.6) is 0 Å². The third-order valence-corrected chi connectivity index (χ3v) is 9.94. The van der Waals surface area contributed by atoms with Gasteiger partial charge in [0, 0.05) is 0 Å². The number of β-lactam (4-membered cyclic amide) rings is 1. The molecule has 1 aliphatic heterocycles. The number of rotatable bonds is 6. The maximum absolute atomic E-state index is 12.4. The summed E-state index contributed by atoms with van der Waals surface area (Å²) in [7, 11) is -2.08. The molecule has 0 bridgehead atoms. The van der Waals surface area contributed by atoms with Crippen molar-refractivity contribution in [2.24, 2.45) is 5.92 Å². The Morgan fingerprint density at radius 1 is 1.27 bits per heavy atom. The number of carbonyl (C=O) groups is 2. The van der Waals surface area contributed by atoms with E-state index in [9.17, 15) is 14.7 Å². The van der Waals surface area contributed by atoms with E-state index in [1.165, 1.54) is 0 Å². The van der Waals surface area contributed by atoms with Crippen molar-refractivity contribution in [1.82, 2.24) is 4.90 Å². The van der Waals surface area contributed by atoms with E-state index in [-0.39, 0.29) is 10.9 Å². The average Bonchev–Trinajstić information content (AvgIpc) is 2.54. The van der Waals surface area contributed by atoms with Crippen LogP contribution in [-0.2, 0) is 14.0 Å². The summed E-state index contributed by atoms with van der Waals surface area (Å²) in [4.78, 5) is 25.9. The number of nitrogens with zero attached hydrogens (tertiary/aromatic N) is 1. The van der Waals surface area contributed by atoms with Gasteiger partial charge in [0.05, 0.1) is 11.7 Å². The van der Waals surface area contributed by atoms with E-state index < -0.39 is 39.3 Å². The number of benzene rings is 1. The molecule has 144 valence electrons. The molecule has 1 amide bonds. The van der Waals surface area contributed by atoms with Gasteiger partial charge in [-0.15, -0.1) is 0 Å². The van der Waals surface area contributed by atoms with Gasteiger partial charge in [-0.25, -0.2) is 4.79 Å². The number of likely N-dealkylation sites (tertiary alicyclic amines) is 1. The second kappa shape index (κ2) is 7.50. The summed E-state index contributed by atoms with van der Waals surface area (Å²) in [6, 6.07) is 8.59. The first kappa shape index (κ1) is 20.6. The summed E-state index contributed by atoms with van der Waals surface area (Å²) in [5.74, 6) is -1.39. The molecule has 1 N–H and O–H groups in total. The fourth-order valence-corrected chi connectivity index (χ4v) is 4.17. The van der Waals surface area contributed by atoms with Crippen molar-refractivity contribution in [2.75, 3.05) is 6.73 Å². The molecule has 1 aliphatic rings. The molecule has 1 heterocycles. The highest BCUT2D eigenvalue weighted by atomic mass is 28.4. The van der Waals surface area contributed by atoms with E-state index in [0.29, 0.717) is 5.56 Å². The van der Waals surface area contributed by atoms with Crippen LogP contribution in [0.3, 0.4) is 0 Å². The number of aliphatic hydroxyl groups is 1. The molecule has 0 aliphatic carbocycles. The maximum atomic E-state index is 12.4. The third kappa shape index (κ3) is 4.00. The lowest BCUT2D eigenvalue weighted by atomic mass is 9.91. The Morgan fingerprint density at radius 2 is 1.85 bits per heavy atom. The lowest BCUT2D eigenvalue weighted by Crippen LogP contribution is -2.67. The minimum absolute atomic E-state index is 0.000925. The molecular weight excluding hydrogens is 350 g/mol. The molecule has 1 aromatic rings. The van der Waals surface area contributed by atoms with Crippen LogP contribution >= 0.6 is 0 Å². The van der Waals surface area contributed by atoms with Gasteiger partial charge in [-0.1, -0.05) is 39.0 Å². The fourth-order valence-electron chi connectivity index (χ4n) is 2.74. The highest BCUT2D eigenvalue weighted by Crippen LogP contribution is 2.40. The number of ether oxygens (including phenoxy) is 1. The Labute approximate surface area is 156 Å². The van der Waals surface area contributed by atoms with E-state index in [4.69, 9.17) is 9.16 Å². The number of amides is 1. The molecular formula is C19H29NO5Si. The Balaban J connectivity index is 2.13. The van der Waals surface area contributed by atoms with Crippen LogP contribution in [0.2, 0.25) is 18.1 Å². The van der Waals surface area contributed by atoms with Crippen molar-refractivity contribution in [3.8, 4) is 0 Å². The minimum atomic E-state index is -2.08. The number of carbonyl (C=O) groups excluding carboxylic acids is 2. The van der Waals surface area contributed by atoms with E-state index in [1.54, 1.807) is 24.3 Å². The van der Waals surface area contributed by atoms with Gasteiger partial charge in [-0.3, -0.25) is 9.69 Å². The standard InChI is InChI=1S/C19H29NO5Si/c1-13(25-26(5,6)19(2,3)4)15-16(22)20(12-21)17(15)24-18(23)14-10-8-7-9-11-14/h7-11,13,15,17,21H,12H2,1-6H3/t13?,15-,17+/m0/s1. The van der Waals surface area contributed by atoms with E-state index in [0.717, 1.165) is 4.90 Å². The third-order valence-electron chi connectivity index (χ3n) is 5.36. The van der Waals surface area contributed by atoms with Crippen molar-refractivity contribution in [3.63, 3.8) is 0 Å². The number of hydrogen-bond acceptors (Lipinski definition) is 5. The van der Waals surface area contributed by atoms with Crippen LogP contribution in [0.4, 0.5) is 0 Å². The summed E-state index contributed by atoms with van der Waals surface area (Å²) in [5, 5.41) is 9.45. The summed E-state index contributed by atoms with van der Waals surface area (Å²) < 4.78 is 11.8. The van der Waals surface area contributed by atoms with Gasteiger partial charge < -0.3 is 14.3 Å². The molecule has 2 rings (SSSR count). The molecule has 3 atom stereocenters. The van der Waals surface area contributed by atoms with Crippen LogP contribution in [0.1, 0.15) is 38.1 Å². The van der Waals surface area contributed by atoms with Crippen LogP contribution in [0.25, 0.3) is 0 Å². The van der Waals surface area contributed by atoms with Gasteiger partial charge in [-0.2, -0.15) is 0 Å². The Bertz CT molecular complexity index is 656. The molecule has 1 saturated heterocycles. The minimum Gasteiger partial charge on any atom is -0.437 e. The van der Waals surface area contributed by atoms with E-state index >= 15 is 0 Å². The van der Waals surface area contributed by atoms with Gasteiger partial charge in [0.2, 0.25) is 5.91 Å². The van der Waals surface area contributed by atoms with Crippen molar-refractivity contribution in [3.05, 3.63) is 35.9 Å². The topological polar surface area (TPSA) is 76.1 Å². The predicted molar refractivity (Wildman–Crippen MR) is 101 cm³/mol. The summed E-state index contributed by atoms with van der Waals surface area (Å²) in [6.45, 7) is 11.9. The molecule has 7 heteroatoms. The smallest absolute Gasteiger partial charge is 0.340 e. The highest BCUT2D eigenvalue weighted by molar-refractivity contribution is 6.74. The van der Waals surface area contributed by atoms with Crippen LogP contribution in [0, 0.1) is 5.92 Å². The zero-order chi connectivity index (χ0) is 19.7. The first-order valence-corrected chi connectivity index (χ1v) is 11.8. The van der Waals surface area contributed by atoms with Crippen molar-refractivity contribution >= 4 is 20.2 Å². The molecule has 0 radical (unpaired) electrons. The molecule has 0 aromatic heterocycles. The number of hydrogen-bond donors (Lipinski definition) is 1. The van der Waals surface area contributed by atoms with Crippen LogP contribution in [0.15, 0.2) is 30.3 Å². The zero-order valence-electron chi connectivity index (χ0n) is 16.4. The fraction of sp³-hybridized carbons (Fsp3) is 0.579. The lowest BCUT2D eigenvalue weighted by molar-refractivity contribution is -0.202. The number of aliphatic hydroxyl groups excluding tert-OH is 1. The molecule has 0 saturated carbocycles. The lowest BCUT2D eigenvalue weighted by Gasteiger charge is -2.49. The molecule has 26 heavy (non-hydrogen) atoms. The second-order valence-electron chi connectivity index (χ2n) is 8.22. The monoisotopic (exact) mass is 379 g/mol. The zero-order valence-corrected chi connectivity index (χ0v) is 17.4. The van der Waals surface area contributed by atoms with Gasteiger partial charge in [-0.05, 0) is 37.2 Å². The largest absolute Gasteiger partial charge is 0.437 e. The summed E-state index contributed by atoms with van der Waals surface area (Å²) in [5.41, 5.74) is 0.404. The van der Waals surface area contributed by atoms with E-state index in [2.05, 4.69) is 33.9 Å². The quantitative estimate of drug-likeness (QED) is 0.467. The molecule has 0 spiro atoms. The maximum Gasteiger partial charge on any atom is 0.340 e. The summed E-state index contributed by atoms with van der Waals surface area (Å²) >= 11 is 0. The first-order chi connectivity index (χ1) is 12.0. The molecule has 1 unspecified atom stereocenters. The summed E-state index contributed by atoms with van der Waals surface area (Å²) in [6.07, 6.45) is -1.22. The Hall–Kier alpha value is -1.70. The van der Waals surface area contributed by atoms with Gasteiger partial charge in [0.25, 0.3) is 0 Å². The van der Waals surface area contributed by atoms with Gasteiger partial charge in [0.15, 0.2) is 14.5 Å². The molecule has 1 fully saturated rings. The molecule has 6 nitrogen and oxygen atoms in total. The van der Waals surface area contributed by atoms with Crippen molar-refractivity contribution < 1.29 is 23.9 Å². The van der Waals surface area contributed by atoms with Crippen molar-refractivity contribution in [2.45, 2.75) is 58.2 Å². The first-order valence-electron chi connectivity index (χ1n) is 8.85. The second-order valence-corrected chi connectivity index (χ2v) is 13.0. The van der Waals surface area contributed by atoms with Crippen LogP contribution in [-0.4, -0.2) is 49.3 Å². The normalized spacial score (nSPS) is 22.0. The Kier molecular flexibility index (Phi) is 5.94. The number of esters is 1. The SMILES string of the molecule is CC(O[Si](C)(C)C(C)(C)C)[C@H]1C(=O)N(CO)[C@@H]1OC(=O)c1ccccc1.